The summed E-state index contributed by atoms with van der Waals surface area (Å²) in [4.78, 5) is 10.4. The van der Waals surface area contributed by atoms with E-state index >= 15 is 0 Å². The molecule has 0 aliphatic carbocycles. The zero-order valence-electron chi connectivity index (χ0n) is 11.6. The van der Waals surface area contributed by atoms with E-state index in [2.05, 4.69) is 46.6 Å². The highest BCUT2D eigenvalue weighted by Crippen LogP contribution is 2.27. The van der Waals surface area contributed by atoms with Crippen LogP contribution in [-0.4, -0.2) is 16.5 Å². The lowest BCUT2D eigenvalue weighted by Gasteiger charge is -2.23. The molecule has 3 aromatic rings. The molecule has 0 unspecified atom stereocenters. The van der Waals surface area contributed by atoms with E-state index in [9.17, 15) is 0 Å². The normalized spacial score (nSPS) is 11.7. The van der Waals surface area contributed by atoms with E-state index in [1.807, 2.05) is 24.3 Å². The molecule has 0 aliphatic rings. The van der Waals surface area contributed by atoms with Crippen LogP contribution >= 0.6 is 11.3 Å². The summed E-state index contributed by atoms with van der Waals surface area (Å²) in [7, 11) is 0. The van der Waals surface area contributed by atoms with Gasteiger partial charge in [-0.15, -0.1) is 11.3 Å². The molecule has 2 aromatic heterocycles. The van der Waals surface area contributed by atoms with E-state index in [0.717, 1.165) is 23.4 Å². The number of nitrogens with zero attached hydrogens (tertiary/aromatic N) is 2. The summed E-state index contributed by atoms with van der Waals surface area (Å²) < 4.78 is 0. The summed E-state index contributed by atoms with van der Waals surface area (Å²) in [5.74, 6) is 0.827. The largest absolute Gasteiger partial charge is 0.368 e. The Bertz CT molecular complexity index is 705. The second-order valence-electron chi connectivity index (χ2n) is 5.46. The van der Waals surface area contributed by atoms with Crippen LogP contribution in [0, 0.1) is 0 Å². The van der Waals surface area contributed by atoms with Gasteiger partial charge in [-0.1, -0.05) is 32.0 Å². The first-order valence-corrected chi connectivity index (χ1v) is 7.53. The van der Waals surface area contributed by atoms with E-state index in [1.54, 1.807) is 17.5 Å². The van der Waals surface area contributed by atoms with Crippen molar-refractivity contribution in [3.05, 3.63) is 52.9 Å². The first kappa shape index (κ1) is 13.1. The lowest BCUT2D eigenvalue weighted by molar-refractivity contribution is 0.568. The van der Waals surface area contributed by atoms with Gasteiger partial charge in [-0.3, -0.25) is 4.98 Å². The zero-order chi connectivity index (χ0) is 14.0. The molecule has 20 heavy (non-hydrogen) atoms. The highest BCUT2D eigenvalue weighted by molar-refractivity contribution is 7.10. The maximum Gasteiger partial charge on any atom is 0.145 e. The highest BCUT2D eigenvalue weighted by Gasteiger charge is 2.21. The van der Waals surface area contributed by atoms with Gasteiger partial charge in [0.2, 0.25) is 0 Å². The van der Waals surface area contributed by atoms with Gasteiger partial charge in [0.15, 0.2) is 0 Å². The molecule has 3 nitrogen and oxygen atoms in total. The Kier molecular flexibility index (Phi) is 3.40. The van der Waals surface area contributed by atoms with Gasteiger partial charge in [0.25, 0.3) is 0 Å². The molecule has 0 bridgehead atoms. The molecule has 0 spiro atoms. The second kappa shape index (κ2) is 5.21. The van der Waals surface area contributed by atoms with Crippen LogP contribution in [0.1, 0.15) is 18.7 Å². The molecule has 1 aromatic carbocycles. The molecule has 0 aliphatic heterocycles. The fourth-order valence-corrected chi connectivity index (χ4v) is 2.96. The summed E-state index contributed by atoms with van der Waals surface area (Å²) in [5, 5.41) is 5.52. The average Bonchev–Trinajstić information content (AvgIpc) is 3.00. The third kappa shape index (κ3) is 2.65. The Morgan fingerprint density at radius 2 is 1.90 bits per heavy atom. The van der Waals surface area contributed by atoms with Crippen LogP contribution in [-0.2, 0) is 5.41 Å². The molecule has 0 saturated carbocycles. The number of benzene rings is 1. The Labute approximate surface area is 122 Å². The van der Waals surface area contributed by atoms with Crippen molar-refractivity contribution in [3.8, 4) is 0 Å². The molecule has 0 atom stereocenters. The highest BCUT2D eigenvalue weighted by atomic mass is 32.1. The van der Waals surface area contributed by atoms with Crippen molar-refractivity contribution in [3.63, 3.8) is 0 Å². The summed E-state index contributed by atoms with van der Waals surface area (Å²) in [5.41, 5.74) is 1.93. The van der Waals surface area contributed by atoms with E-state index < -0.39 is 0 Å². The van der Waals surface area contributed by atoms with E-state index in [0.29, 0.717) is 0 Å². The van der Waals surface area contributed by atoms with Crippen molar-refractivity contribution < 1.29 is 0 Å². The summed E-state index contributed by atoms with van der Waals surface area (Å²) >= 11 is 1.79. The smallest absolute Gasteiger partial charge is 0.145 e. The molecule has 0 saturated heterocycles. The van der Waals surface area contributed by atoms with Gasteiger partial charge in [0, 0.05) is 16.8 Å². The van der Waals surface area contributed by atoms with Crippen molar-refractivity contribution in [1.29, 1.82) is 0 Å². The summed E-state index contributed by atoms with van der Waals surface area (Å²) in [6.45, 7) is 5.31. The maximum atomic E-state index is 4.59. The van der Waals surface area contributed by atoms with Crippen molar-refractivity contribution in [2.75, 3.05) is 11.9 Å². The minimum atomic E-state index is 0.0848. The fourth-order valence-electron chi connectivity index (χ4n) is 2.10. The second-order valence-corrected chi connectivity index (χ2v) is 6.41. The molecule has 0 amide bonds. The number of thiophene rings is 1. The van der Waals surface area contributed by atoms with Gasteiger partial charge in [-0.25, -0.2) is 4.98 Å². The van der Waals surface area contributed by atoms with Crippen LogP contribution in [0.4, 0.5) is 5.82 Å². The third-order valence-electron chi connectivity index (χ3n) is 3.35. The van der Waals surface area contributed by atoms with Crippen molar-refractivity contribution in [1.82, 2.24) is 9.97 Å². The molecule has 0 fully saturated rings. The Morgan fingerprint density at radius 3 is 2.65 bits per heavy atom. The number of para-hydroxylation sites is 2. The first-order chi connectivity index (χ1) is 9.65. The van der Waals surface area contributed by atoms with Crippen molar-refractivity contribution >= 4 is 28.2 Å². The van der Waals surface area contributed by atoms with Crippen LogP contribution in [0.3, 0.4) is 0 Å². The van der Waals surface area contributed by atoms with Gasteiger partial charge in [-0.05, 0) is 23.6 Å². The number of anilines is 1. The molecule has 3 rings (SSSR count). The first-order valence-electron chi connectivity index (χ1n) is 6.65. The molecular formula is C16H17N3S. The van der Waals surface area contributed by atoms with Crippen LogP contribution in [0.5, 0.6) is 0 Å². The topological polar surface area (TPSA) is 37.8 Å². The standard InChI is InChI=1S/C16H17N3S/c1-16(2,14-8-5-9-20-14)11-18-15-10-17-12-6-3-4-7-13(12)19-15/h3-10H,11H2,1-2H3,(H,18,19). The molecule has 102 valence electrons. The molecule has 1 N–H and O–H groups in total. The third-order valence-corrected chi connectivity index (χ3v) is 4.58. The molecular weight excluding hydrogens is 266 g/mol. The Hall–Kier alpha value is -1.94. The number of hydrogen-bond donors (Lipinski definition) is 1. The van der Waals surface area contributed by atoms with Crippen molar-refractivity contribution in [2.45, 2.75) is 19.3 Å². The summed E-state index contributed by atoms with van der Waals surface area (Å²) in [6, 6.07) is 12.2. The minimum Gasteiger partial charge on any atom is -0.368 e. The molecule has 2 heterocycles. The Morgan fingerprint density at radius 1 is 1.10 bits per heavy atom. The summed E-state index contributed by atoms with van der Waals surface area (Å²) in [6.07, 6.45) is 1.80. The van der Waals surface area contributed by atoms with E-state index in [4.69, 9.17) is 0 Å². The lowest BCUT2D eigenvalue weighted by atomic mass is 9.91. The number of aromatic nitrogens is 2. The van der Waals surface area contributed by atoms with Crippen molar-refractivity contribution in [2.24, 2.45) is 0 Å². The molecule has 4 heteroatoms. The maximum absolute atomic E-state index is 4.59. The van der Waals surface area contributed by atoms with Crippen LogP contribution in [0.2, 0.25) is 0 Å². The van der Waals surface area contributed by atoms with Gasteiger partial charge >= 0.3 is 0 Å². The van der Waals surface area contributed by atoms with Crippen LogP contribution < -0.4 is 5.32 Å². The SMILES string of the molecule is CC(C)(CNc1cnc2ccccc2n1)c1cccs1. The monoisotopic (exact) mass is 283 g/mol. The molecule has 0 radical (unpaired) electrons. The number of fused-ring (bicyclic) bond motifs is 1. The Balaban J connectivity index is 1.77. The fraction of sp³-hybridized carbons (Fsp3) is 0.250. The quantitative estimate of drug-likeness (QED) is 0.784. The van der Waals surface area contributed by atoms with Crippen LogP contribution in [0.25, 0.3) is 11.0 Å². The van der Waals surface area contributed by atoms with Gasteiger partial charge in [0.05, 0.1) is 17.2 Å². The lowest BCUT2D eigenvalue weighted by Crippen LogP contribution is -2.26. The number of nitrogens with one attached hydrogen (secondary N) is 1. The predicted octanol–water partition coefficient (Wildman–Crippen LogP) is 4.08. The average molecular weight is 283 g/mol. The van der Waals surface area contributed by atoms with E-state index in [-0.39, 0.29) is 5.41 Å². The number of rotatable bonds is 4. The van der Waals surface area contributed by atoms with Gasteiger partial charge < -0.3 is 5.32 Å². The van der Waals surface area contributed by atoms with Gasteiger partial charge in [-0.2, -0.15) is 0 Å². The van der Waals surface area contributed by atoms with Gasteiger partial charge in [0.1, 0.15) is 5.82 Å². The number of hydrogen-bond acceptors (Lipinski definition) is 4. The van der Waals surface area contributed by atoms with E-state index in [1.165, 1.54) is 4.88 Å². The predicted molar refractivity (Wildman–Crippen MR) is 85.4 cm³/mol. The minimum absolute atomic E-state index is 0.0848. The zero-order valence-corrected chi connectivity index (χ0v) is 12.4. The van der Waals surface area contributed by atoms with Crippen LogP contribution in [0.15, 0.2) is 48.0 Å².